The Balaban J connectivity index is 1.83. The van der Waals surface area contributed by atoms with E-state index in [1.807, 2.05) is 37.4 Å². The van der Waals surface area contributed by atoms with E-state index < -0.39 is 5.97 Å². The third kappa shape index (κ3) is 2.51. The molecule has 3 heterocycles. The molecule has 2 aromatic heterocycles. The lowest BCUT2D eigenvalue weighted by Crippen LogP contribution is -2.32. The van der Waals surface area contributed by atoms with Crippen LogP contribution in [-0.2, 0) is 11.3 Å². The number of fused-ring (bicyclic) bond motifs is 1. The van der Waals surface area contributed by atoms with Gasteiger partial charge < -0.3 is 5.11 Å². The molecular weight excluding hydrogens is 268 g/mol. The van der Waals surface area contributed by atoms with Crippen LogP contribution in [0.25, 0.3) is 5.78 Å². The zero-order valence-corrected chi connectivity index (χ0v) is 12.6. The summed E-state index contributed by atoms with van der Waals surface area (Å²) in [5.41, 5.74) is 3.00. The largest absolute Gasteiger partial charge is 0.481 e. The van der Waals surface area contributed by atoms with Crippen molar-refractivity contribution < 1.29 is 9.90 Å². The second-order valence-electron chi connectivity index (χ2n) is 5.89. The molecule has 1 saturated heterocycles. The number of carboxylic acids is 1. The molecule has 0 spiro atoms. The minimum Gasteiger partial charge on any atom is -0.481 e. The summed E-state index contributed by atoms with van der Waals surface area (Å²) < 4.78 is 1.98. The number of carbonyl (C=O) groups is 1. The van der Waals surface area contributed by atoms with Gasteiger partial charge in [-0.05, 0) is 39.8 Å². The number of aromatic nitrogens is 3. The van der Waals surface area contributed by atoms with Crippen LogP contribution in [0.5, 0.6) is 0 Å². The van der Waals surface area contributed by atoms with Crippen molar-refractivity contribution in [3.05, 3.63) is 29.3 Å². The Labute approximate surface area is 123 Å². The predicted octanol–water partition coefficient (Wildman–Crippen LogP) is 1.64. The Hall–Kier alpha value is -1.95. The second-order valence-corrected chi connectivity index (χ2v) is 5.89. The maximum Gasteiger partial charge on any atom is 0.308 e. The van der Waals surface area contributed by atoms with Gasteiger partial charge in [-0.1, -0.05) is 0 Å². The van der Waals surface area contributed by atoms with Crippen LogP contribution in [0.1, 0.15) is 30.4 Å². The van der Waals surface area contributed by atoms with Crippen LogP contribution in [0.2, 0.25) is 0 Å². The van der Waals surface area contributed by atoms with Crippen molar-refractivity contribution in [2.75, 3.05) is 6.54 Å². The number of rotatable bonds is 3. The summed E-state index contributed by atoms with van der Waals surface area (Å²) in [6, 6.07) is 2.07. The van der Waals surface area contributed by atoms with Gasteiger partial charge in [-0.25, -0.2) is 9.97 Å². The van der Waals surface area contributed by atoms with Crippen LogP contribution in [0, 0.1) is 19.8 Å². The van der Waals surface area contributed by atoms with Crippen molar-refractivity contribution in [3.8, 4) is 0 Å². The molecule has 6 heteroatoms. The highest BCUT2D eigenvalue weighted by Crippen LogP contribution is 2.26. The Bertz CT molecular complexity index is 694. The molecule has 0 radical (unpaired) electrons. The van der Waals surface area contributed by atoms with Gasteiger partial charge in [0.2, 0.25) is 5.78 Å². The van der Waals surface area contributed by atoms with Gasteiger partial charge in [0.05, 0.1) is 11.6 Å². The molecule has 2 unspecified atom stereocenters. The SMILES string of the molecule is Cc1cc(C)n2cc(CN3CCC(C(=O)O)C3C)nc2n1. The summed E-state index contributed by atoms with van der Waals surface area (Å²) in [7, 11) is 0. The molecule has 2 aromatic rings. The quantitative estimate of drug-likeness (QED) is 0.929. The lowest BCUT2D eigenvalue weighted by Gasteiger charge is -2.21. The fourth-order valence-electron chi connectivity index (χ4n) is 3.16. The minimum absolute atomic E-state index is 0.0445. The van der Waals surface area contributed by atoms with Gasteiger partial charge >= 0.3 is 5.97 Å². The zero-order chi connectivity index (χ0) is 15.1. The van der Waals surface area contributed by atoms with E-state index >= 15 is 0 Å². The molecule has 1 N–H and O–H groups in total. The first-order valence-corrected chi connectivity index (χ1v) is 7.25. The van der Waals surface area contributed by atoms with E-state index in [4.69, 9.17) is 0 Å². The summed E-state index contributed by atoms with van der Waals surface area (Å²) in [5, 5.41) is 9.19. The van der Waals surface area contributed by atoms with Crippen molar-refractivity contribution in [1.82, 2.24) is 19.3 Å². The average Bonchev–Trinajstić information content (AvgIpc) is 2.94. The van der Waals surface area contributed by atoms with Crippen LogP contribution >= 0.6 is 0 Å². The third-order valence-electron chi connectivity index (χ3n) is 4.38. The van der Waals surface area contributed by atoms with E-state index in [0.717, 1.165) is 23.6 Å². The van der Waals surface area contributed by atoms with Gasteiger partial charge in [-0.15, -0.1) is 0 Å². The molecule has 2 atom stereocenters. The molecule has 3 rings (SSSR count). The number of carboxylic acid groups (broad SMARTS) is 1. The topological polar surface area (TPSA) is 70.7 Å². The van der Waals surface area contributed by atoms with Crippen molar-refractivity contribution in [2.24, 2.45) is 5.92 Å². The minimum atomic E-state index is -0.701. The molecule has 112 valence electrons. The van der Waals surface area contributed by atoms with Gasteiger partial charge in [0.15, 0.2) is 0 Å². The maximum atomic E-state index is 11.2. The van der Waals surface area contributed by atoms with Crippen molar-refractivity contribution >= 4 is 11.7 Å². The normalized spacial score (nSPS) is 23.0. The lowest BCUT2D eigenvalue weighted by atomic mass is 10.0. The second kappa shape index (κ2) is 5.11. The van der Waals surface area contributed by atoms with Crippen LogP contribution < -0.4 is 0 Å². The van der Waals surface area contributed by atoms with Crippen LogP contribution in [0.3, 0.4) is 0 Å². The fourth-order valence-corrected chi connectivity index (χ4v) is 3.16. The molecule has 0 amide bonds. The summed E-state index contributed by atoms with van der Waals surface area (Å²) in [6.07, 6.45) is 2.71. The van der Waals surface area contributed by atoms with Gasteiger partial charge in [0.25, 0.3) is 0 Å². The molecule has 0 bridgehead atoms. The Kier molecular flexibility index (Phi) is 3.41. The molecule has 0 aromatic carbocycles. The number of aryl methyl sites for hydroxylation is 2. The van der Waals surface area contributed by atoms with Crippen molar-refractivity contribution in [3.63, 3.8) is 0 Å². The molecule has 0 aliphatic carbocycles. The summed E-state index contributed by atoms with van der Waals surface area (Å²) in [5.74, 6) is -0.263. The van der Waals surface area contributed by atoms with Crippen LogP contribution in [-0.4, -0.2) is 42.9 Å². The first-order chi connectivity index (χ1) is 9.95. The fraction of sp³-hybridized carbons (Fsp3) is 0.533. The van der Waals surface area contributed by atoms with E-state index in [-0.39, 0.29) is 12.0 Å². The number of likely N-dealkylation sites (tertiary alicyclic amines) is 1. The number of imidazole rings is 1. The smallest absolute Gasteiger partial charge is 0.308 e. The van der Waals surface area contributed by atoms with Crippen molar-refractivity contribution in [2.45, 2.75) is 39.8 Å². The number of nitrogens with zero attached hydrogens (tertiary/aromatic N) is 4. The van der Waals surface area contributed by atoms with Crippen molar-refractivity contribution in [1.29, 1.82) is 0 Å². The average molecular weight is 288 g/mol. The van der Waals surface area contributed by atoms with E-state index in [1.54, 1.807) is 0 Å². The summed E-state index contributed by atoms with van der Waals surface area (Å²) in [4.78, 5) is 22.4. The van der Waals surface area contributed by atoms with Gasteiger partial charge in [-0.2, -0.15) is 0 Å². The first-order valence-electron chi connectivity index (χ1n) is 7.25. The Morgan fingerprint density at radius 1 is 1.43 bits per heavy atom. The Morgan fingerprint density at radius 2 is 2.19 bits per heavy atom. The zero-order valence-electron chi connectivity index (χ0n) is 12.6. The highest BCUT2D eigenvalue weighted by atomic mass is 16.4. The van der Waals surface area contributed by atoms with E-state index in [9.17, 15) is 9.90 Å². The molecule has 0 saturated carbocycles. The van der Waals surface area contributed by atoms with E-state index in [2.05, 4.69) is 14.9 Å². The third-order valence-corrected chi connectivity index (χ3v) is 4.38. The highest BCUT2D eigenvalue weighted by Gasteiger charge is 2.35. The molecule has 1 aliphatic heterocycles. The predicted molar refractivity (Wildman–Crippen MR) is 78.1 cm³/mol. The number of hydrogen-bond acceptors (Lipinski definition) is 4. The van der Waals surface area contributed by atoms with Gasteiger partial charge in [0.1, 0.15) is 0 Å². The number of aliphatic carboxylic acids is 1. The summed E-state index contributed by atoms with van der Waals surface area (Å²) in [6.45, 7) is 7.45. The standard InChI is InChI=1S/C15H20N4O2/c1-9-6-10(2)19-8-12(17-15(19)16-9)7-18-5-4-13(11(18)3)14(20)21/h6,8,11,13H,4-5,7H2,1-3H3,(H,20,21). The van der Waals surface area contributed by atoms with Gasteiger partial charge in [-0.3, -0.25) is 14.1 Å². The lowest BCUT2D eigenvalue weighted by molar-refractivity contribution is -0.142. The monoisotopic (exact) mass is 288 g/mol. The van der Waals surface area contributed by atoms with E-state index in [1.165, 1.54) is 0 Å². The van der Waals surface area contributed by atoms with Crippen LogP contribution in [0.4, 0.5) is 0 Å². The summed E-state index contributed by atoms with van der Waals surface area (Å²) >= 11 is 0. The molecular formula is C15H20N4O2. The number of hydrogen-bond donors (Lipinski definition) is 1. The van der Waals surface area contributed by atoms with E-state index in [0.29, 0.717) is 18.7 Å². The first kappa shape index (κ1) is 14.0. The Morgan fingerprint density at radius 3 is 2.86 bits per heavy atom. The highest BCUT2D eigenvalue weighted by molar-refractivity contribution is 5.71. The maximum absolute atomic E-state index is 11.2. The molecule has 1 aliphatic rings. The van der Waals surface area contributed by atoms with Gasteiger partial charge in [0, 0.05) is 30.2 Å². The van der Waals surface area contributed by atoms with Crippen LogP contribution in [0.15, 0.2) is 12.3 Å². The molecule has 6 nitrogen and oxygen atoms in total. The molecule has 21 heavy (non-hydrogen) atoms. The molecule has 1 fully saturated rings.